The fraction of sp³-hybridized carbons (Fsp3) is 0.471. The van der Waals surface area contributed by atoms with Crippen LogP contribution >= 0.6 is 0 Å². The Bertz CT molecular complexity index is 561. The zero-order valence-corrected chi connectivity index (χ0v) is 13.2. The van der Waals surface area contributed by atoms with Gasteiger partial charge in [-0.2, -0.15) is 5.10 Å². The van der Waals surface area contributed by atoms with Crippen LogP contribution in [0, 0.1) is 20.8 Å². The first-order valence-electron chi connectivity index (χ1n) is 7.40. The van der Waals surface area contributed by atoms with Gasteiger partial charge >= 0.3 is 0 Å². The number of rotatable bonds is 5. The van der Waals surface area contributed by atoms with E-state index in [2.05, 4.69) is 63.4 Å². The maximum atomic E-state index is 4.42. The number of nitrogens with one attached hydrogen (secondary N) is 1. The molecule has 20 heavy (non-hydrogen) atoms. The molecule has 3 nitrogen and oxygen atoms in total. The fourth-order valence-corrected chi connectivity index (χ4v) is 2.94. The molecule has 0 spiro atoms. The quantitative estimate of drug-likeness (QED) is 0.901. The van der Waals surface area contributed by atoms with Gasteiger partial charge in [0.05, 0.1) is 12.2 Å². The molecule has 0 radical (unpaired) electrons. The molecular formula is C17H25N3. The average Bonchev–Trinajstić information content (AvgIpc) is 2.85. The molecule has 0 bridgehead atoms. The monoisotopic (exact) mass is 271 g/mol. The zero-order chi connectivity index (χ0) is 14.7. The van der Waals surface area contributed by atoms with Crippen LogP contribution < -0.4 is 5.32 Å². The number of nitrogens with zero attached hydrogens (tertiary/aromatic N) is 2. The van der Waals surface area contributed by atoms with Gasteiger partial charge in [-0.25, -0.2) is 0 Å². The van der Waals surface area contributed by atoms with Crippen LogP contribution in [0.4, 0.5) is 0 Å². The minimum absolute atomic E-state index is 0.223. The predicted molar refractivity (Wildman–Crippen MR) is 84.1 cm³/mol. The van der Waals surface area contributed by atoms with E-state index in [4.69, 9.17) is 0 Å². The van der Waals surface area contributed by atoms with E-state index < -0.39 is 0 Å². The van der Waals surface area contributed by atoms with Crippen LogP contribution in [0.2, 0.25) is 0 Å². The summed E-state index contributed by atoms with van der Waals surface area (Å²) in [5, 5.41) is 8.02. The molecule has 0 saturated carbocycles. The van der Waals surface area contributed by atoms with Crippen LogP contribution in [0.1, 0.15) is 47.7 Å². The standard InChI is InChI=1S/C17H25N3/c1-6-18-17(15-10-19-20(7-2)11-15)16-13(4)8-12(3)9-14(16)5/h8-11,17-18H,6-7H2,1-5H3. The van der Waals surface area contributed by atoms with E-state index in [0.717, 1.165) is 13.1 Å². The third kappa shape index (κ3) is 2.93. The van der Waals surface area contributed by atoms with Crippen LogP contribution in [0.15, 0.2) is 24.5 Å². The molecule has 2 rings (SSSR count). The summed E-state index contributed by atoms with van der Waals surface area (Å²) < 4.78 is 1.98. The average molecular weight is 271 g/mol. The Morgan fingerprint density at radius 2 is 1.80 bits per heavy atom. The van der Waals surface area contributed by atoms with E-state index in [0.29, 0.717) is 0 Å². The van der Waals surface area contributed by atoms with Gasteiger partial charge in [0.25, 0.3) is 0 Å². The highest BCUT2D eigenvalue weighted by atomic mass is 15.3. The molecule has 0 amide bonds. The lowest BCUT2D eigenvalue weighted by atomic mass is 9.91. The van der Waals surface area contributed by atoms with E-state index >= 15 is 0 Å². The summed E-state index contributed by atoms with van der Waals surface area (Å²) >= 11 is 0. The first-order valence-corrected chi connectivity index (χ1v) is 7.40. The van der Waals surface area contributed by atoms with Crippen LogP contribution in [0.25, 0.3) is 0 Å². The number of aryl methyl sites for hydroxylation is 4. The topological polar surface area (TPSA) is 29.9 Å². The van der Waals surface area contributed by atoms with E-state index in [-0.39, 0.29) is 6.04 Å². The van der Waals surface area contributed by atoms with Gasteiger partial charge in [-0.15, -0.1) is 0 Å². The van der Waals surface area contributed by atoms with Crippen molar-refractivity contribution >= 4 is 0 Å². The second kappa shape index (κ2) is 6.23. The summed E-state index contributed by atoms with van der Waals surface area (Å²) in [5.74, 6) is 0. The highest BCUT2D eigenvalue weighted by Crippen LogP contribution is 2.28. The minimum Gasteiger partial charge on any atom is -0.306 e. The Morgan fingerprint density at radius 1 is 1.15 bits per heavy atom. The molecule has 1 aromatic heterocycles. The summed E-state index contributed by atoms with van der Waals surface area (Å²) in [4.78, 5) is 0. The molecular weight excluding hydrogens is 246 g/mol. The van der Waals surface area contributed by atoms with Crippen molar-refractivity contribution < 1.29 is 0 Å². The van der Waals surface area contributed by atoms with E-state index in [1.165, 1.54) is 27.8 Å². The van der Waals surface area contributed by atoms with Crippen molar-refractivity contribution in [1.82, 2.24) is 15.1 Å². The van der Waals surface area contributed by atoms with Gasteiger partial charge in [0.15, 0.2) is 0 Å². The smallest absolute Gasteiger partial charge is 0.0613 e. The molecule has 1 aromatic carbocycles. The summed E-state index contributed by atoms with van der Waals surface area (Å²) in [7, 11) is 0. The molecule has 1 atom stereocenters. The van der Waals surface area contributed by atoms with Crippen molar-refractivity contribution in [1.29, 1.82) is 0 Å². The van der Waals surface area contributed by atoms with Gasteiger partial charge in [-0.3, -0.25) is 4.68 Å². The molecule has 3 heteroatoms. The highest BCUT2D eigenvalue weighted by Gasteiger charge is 2.19. The molecule has 0 aliphatic carbocycles. The van der Waals surface area contributed by atoms with Gasteiger partial charge in [0, 0.05) is 18.3 Å². The Kier molecular flexibility index (Phi) is 4.61. The third-order valence-electron chi connectivity index (χ3n) is 3.75. The largest absolute Gasteiger partial charge is 0.306 e. The molecule has 1 unspecified atom stereocenters. The van der Waals surface area contributed by atoms with Crippen molar-refractivity contribution in [2.75, 3.05) is 6.54 Å². The lowest BCUT2D eigenvalue weighted by Crippen LogP contribution is -2.23. The third-order valence-corrected chi connectivity index (χ3v) is 3.75. The van der Waals surface area contributed by atoms with Gasteiger partial charge < -0.3 is 5.32 Å². The SMILES string of the molecule is CCNC(c1cnn(CC)c1)c1c(C)cc(C)cc1C. The summed E-state index contributed by atoms with van der Waals surface area (Å²) in [6, 6.07) is 4.74. The second-order valence-corrected chi connectivity index (χ2v) is 5.43. The van der Waals surface area contributed by atoms with Crippen molar-refractivity contribution in [2.24, 2.45) is 0 Å². The van der Waals surface area contributed by atoms with Gasteiger partial charge in [0.1, 0.15) is 0 Å². The van der Waals surface area contributed by atoms with Gasteiger partial charge in [-0.05, 0) is 50.9 Å². The molecule has 0 saturated heterocycles. The number of benzene rings is 1. The van der Waals surface area contributed by atoms with Crippen LogP contribution in [-0.4, -0.2) is 16.3 Å². The van der Waals surface area contributed by atoms with E-state index in [9.17, 15) is 0 Å². The van der Waals surface area contributed by atoms with Crippen molar-refractivity contribution in [3.05, 3.63) is 52.3 Å². The second-order valence-electron chi connectivity index (χ2n) is 5.43. The number of aromatic nitrogens is 2. The van der Waals surface area contributed by atoms with E-state index in [1.807, 2.05) is 10.9 Å². The van der Waals surface area contributed by atoms with Crippen molar-refractivity contribution in [2.45, 2.75) is 47.2 Å². The van der Waals surface area contributed by atoms with Crippen LogP contribution in [0.5, 0.6) is 0 Å². The maximum absolute atomic E-state index is 4.42. The molecule has 2 aromatic rings. The number of hydrogen-bond donors (Lipinski definition) is 1. The fourth-order valence-electron chi connectivity index (χ4n) is 2.94. The number of hydrogen-bond acceptors (Lipinski definition) is 2. The van der Waals surface area contributed by atoms with Gasteiger partial charge in [-0.1, -0.05) is 24.6 Å². The highest BCUT2D eigenvalue weighted by molar-refractivity contribution is 5.43. The summed E-state index contributed by atoms with van der Waals surface area (Å²) in [6.45, 7) is 12.7. The van der Waals surface area contributed by atoms with Crippen LogP contribution in [0.3, 0.4) is 0 Å². The first kappa shape index (κ1) is 14.8. The Labute approximate surface area is 122 Å². The molecule has 0 aliphatic heterocycles. The summed E-state index contributed by atoms with van der Waals surface area (Å²) in [6.07, 6.45) is 4.13. The Hall–Kier alpha value is -1.61. The first-order chi connectivity index (χ1) is 9.56. The molecule has 1 N–H and O–H groups in total. The van der Waals surface area contributed by atoms with Crippen molar-refractivity contribution in [3.8, 4) is 0 Å². The Morgan fingerprint density at radius 3 is 2.30 bits per heavy atom. The zero-order valence-electron chi connectivity index (χ0n) is 13.2. The predicted octanol–water partition coefficient (Wildman–Crippen LogP) is 3.53. The van der Waals surface area contributed by atoms with Crippen molar-refractivity contribution in [3.63, 3.8) is 0 Å². The lowest BCUT2D eigenvalue weighted by molar-refractivity contribution is 0.620. The van der Waals surface area contributed by atoms with E-state index in [1.54, 1.807) is 0 Å². The lowest BCUT2D eigenvalue weighted by Gasteiger charge is -2.22. The molecule has 0 aliphatic rings. The minimum atomic E-state index is 0.223. The maximum Gasteiger partial charge on any atom is 0.0613 e. The molecule has 108 valence electrons. The molecule has 1 heterocycles. The molecule has 0 fully saturated rings. The Balaban J connectivity index is 2.48. The van der Waals surface area contributed by atoms with Gasteiger partial charge in [0.2, 0.25) is 0 Å². The summed E-state index contributed by atoms with van der Waals surface area (Å²) in [5.41, 5.74) is 6.63. The van der Waals surface area contributed by atoms with Crippen LogP contribution in [-0.2, 0) is 6.54 Å². The normalized spacial score (nSPS) is 12.7.